The number of aromatic nitrogens is 3. The molecule has 3 aromatic heterocycles. The minimum absolute atomic E-state index is 0.232. The topological polar surface area (TPSA) is 68.9 Å². The van der Waals surface area contributed by atoms with E-state index in [0.29, 0.717) is 17.9 Å². The van der Waals surface area contributed by atoms with Crippen LogP contribution < -0.4 is 5.32 Å². The van der Waals surface area contributed by atoms with Crippen molar-refractivity contribution in [1.29, 1.82) is 0 Å². The molecule has 7 nitrogen and oxygen atoms in total. The van der Waals surface area contributed by atoms with Gasteiger partial charge in [0.15, 0.2) is 12.1 Å². The van der Waals surface area contributed by atoms with Gasteiger partial charge in [-0.25, -0.2) is 9.37 Å². The Balaban J connectivity index is 1.37. The molecule has 1 unspecified atom stereocenters. The quantitative estimate of drug-likeness (QED) is 0.401. The van der Waals surface area contributed by atoms with Crippen molar-refractivity contribution in [1.82, 2.24) is 29.5 Å². The third-order valence-corrected chi connectivity index (χ3v) is 6.71. The number of aliphatic hydroxyl groups excluding tert-OH is 1. The lowest BCUT2D eigenvalue weighted by atomic mass is 9.99. The van der Waals surface area contributed by atoms with E-state index in [-0.39, 0.29) is 5.82 Å². The van der Waals surface area contributed by atoms with Crippen LogP contribution in [0.25, 0.3) is 27.9 Å². The predicted molar refractivity (Wildman–Crippen MR) is 135 cm³/mol. The van der Waals surface area contributed by atoms with Crippen LogP contribution in [0.2, 0.25) is 0 Å². The number of aliphatic hydroxyl groups is 1. The first-order valence-corrected chi connectivity index (χ1v) is 12.0. The van der Waals surface area contributed by atoms with Crippen LogP contribution in [0.4, 0.5) is 4.39 Å². The summed E-state index contributed by atoms with van der Waals surface area (Å²) in [4.78, 5) is 13.8. The first kappa shape index (κ1) is 23.6. The number of likely N-dealkylation sites (N-methyl/N-ethyl adjacent to an activating group) is 1. The summed E-state index contributed by atoms with van der Waals surface area (Å²) < 4.78 is 15.8. The number of fused-ring (bicyclic) bond motifs is 1. The van der Waals surface area contributed by atoms with E-state index in [4.69, 9.17) is 0 Å². The van der Waals surface area contributed by atoms with Crippen LogP contribution in [0.15, 0.2) is 61.1 Å². The van der Waals surface area contributed by atoms with Gasteiger partial charge in [0.2, 0.25) is 0 Å². The summed E-state index contributed by atoms with van der Waals surface area (Å²) in [5, 5.41) is 14.1. The molecule has 0 amide bonds. The number of halogens is 1. The summed E-state index contributed by atoms with van der Waals surface area (Å²) in [5.41, 5.74) is 4.98. The Morgan fingerprint density at radius 3 is 2.66 bits per heavy atom. The molecular weight excluding hydrogens is 443 g/mol. The molecule has 1 fully saturated rings. The highest BCUT2D eigenvalue weighted by Gasteiger charge is 2.17. The molecular formula is C27H31FN6O. The first-order valence-electron chi connectivity index (χ1n) is 12.0. The number of benzene rings is 1. The number of aryl methyl sites for hydroxylation is 1. The predicted octanol–water partition coefficient (Wildman–Crippen LogP) is 3.34. The zero-order valence-electron chi connectivity index (χ0n) is 20.2. The fourth-order valence-electron chi connectivity index (χ4n) is 4.55. The smallest absolute Gasteiger partial charge is 0.164 e. The molecule has 4 aromatic rings. The maximum atomic E-state index is 13.8. The minimum Gasteiger partial charge on any atom is -0.371 e. The van der Waals surface area contributed by atoms with Crippen LogP contribution in [0.1, 0.15) is 17.6 Å². The third kappa shape index (κ3) is 5.11. The molecule has 0 bridgehead atoms. The number of hydrogen-bond acceptors (Lipinski definition) is 6. The van der Waals surface area contributed by atoms with Crippen LogP contribution in [0.3, 0.4) is 0 Å². The van der Waals surface area contributed by atoms with Crippen molar-refractivity contribution in [3.8, 4) is 22.4 Å². The molecule has 2 N–H and O–H groups in total. The largest absolute Gasteiger partial charge is 0.371 e. The Kier molecular flexibility index (Phi) is 6.88. The van der Waals surface area contributed by atoms with Gasteiger partial charge in [0.1, 0.15) is 5.82 Å². The Labute approximate surface area is 204 Å². The lowest BCUT2D eigenvalue weighted by Gasteiger charge is -2.32. The molecule has 1 aromatic carbocycles. The standard InChI is InChI=1S/C27H31FN6O/c1-19-16-20(6-8-24(19)28)25-23(4-3-9-29-25)21-5-7-22-17-31-26(34(22)18-21)27(35)30-10-11-33-14-12-32(2)13-15-33/h3-9,16-18,27,30,35H,10-15H2,1-2H3. The van der Waals surface area contributed by atoms with Gasteiger partial charge >= 0.3 is 0 Å². The number of nitrogens with zero attached hydrogens (tertiary/aromatic N) is 5. The van der Waals surface area contributed by atoms with Crippen LogP contribution in [-0.2, 0) is 0 Å². The van der Waals surface area contributed by atoms with E-state index < -0.39 is 6.23 Å². The Hall–Kier alpha value is -3.17. The highest BCUT2D eigenvalue weighted by Crippen LogP contribution is 2.31. The zero-order chi connectivity index (χ0) is 24.4. The molecule has 0 spiro atoms. The molecule has 0 radical (unpaired) electrons. The van der Waals surface area contributed by atoms with Gasteiger partial charge in [-0.05, 0) is 49.9 Å². The van der Waals surface area contributed by atoms with Crippen molar-refractivity contribution in [3.63, 3.8) is 0 Å². The van der Waals surface area contributed by atoms with Crippen LogP contribution in [-0.4, -0.2) is 75.6 Å². The maximum absolute atomic E-state index is 13.8. The van der Waals surface area contributed by atoms with Gasteiger partial charge < -0.3 is 10.0 Å². The van der Waals surface area contributed by atoms with E-state index in [1.54, 1.807) is 25.4 Å². The number of pyridine rings is 2. The number of hydrogen-bond donors (Lipinski definition) is 2. The summed E-state index contributed by atoms with van der Waals surface area (Å²) >= 11 is 0. The Morgan fingerprint density at radius 2 is 1.86 bits per heavy atom. The van der Waals surface area contributed by atoms with Gasteiger partial charge in [-0.2, -0.15) is 0 Å². The molecule has 182 valence electrons. The van der Waals surface area contributed by atoms with E-state index in [9.17, 15) is 9.50 Å². The molecule has 1 atom stereocenters. The van der Waals surface area contributed by atoms with Crippen molar-refractivity contribution in [2.45, 2.75) is 13.2 Å². The average Bonchev–Trinajstić information content (AvgIpc) is 3.30. The maximum Gasteiger partial charge on any atom is 0.164 e. The van der Waals surface area contributed by atoms with Crippen molar-refractivity contribution in [2.75, 3.05) is 46.3 Å². The van der Waals surface area contributed by atoms with E-state index in [1.807, 2.05) is 40.9 Å². The summed E-state index contributed by atoms with van der Waals surface area (Å²) in [5.74, 6) is 0.313. The van der Waals surface area contributed by atoms with Gasteiger partial charge in [-0.3, -0.25) is 19.6 Å². The van der Waals surface area contributed by atoms with Gasteiger partial charge in [0, 0.05) is 68.4 Å². The second-order valence-electron chi connectivity index (χ2n) is 9.19. The fraction of sp³-hybridized carbons (Fsp3) is 0.333. The fourth-order valence-corrected chi connectivity index (χ4v) is 4.55. The highest BCUT2D eigenvalue weighted by atomic mass is 19.1. The molecule has 35 heavy (non-hydrogen) atoms. The SMILES string of the molecule is Cc1cc(-c2ncccc2-c2ccc3cnc(C(O)NCCN4CCN(C)CC4)n3c2)ccc1F. The third-order valence-electron chi connectivity index (χ3n) is 6.71. The molecule has 1 aliphatic heterocycles. The van der Waals surface area contributed by atoms with Crippen molar-refractivity contribution in [3.05, 3.63) is 78.3 Å². The van der Waals surface area contributed by atoms with Crippen molar-refractivity contribution < 1.29 is 9.50 Å². The summed E-state index contributed by atoms with van der Waals surface area (Å²) in [6.07, 6.45) is 4.60. The minimum atomic E-state index is -0.881. The Morgan fingerprint density at radius 1 is 1.06 bits per heavy atom. The van der Waals surface area contributed by atoms with E-state index in [1.165, 1.54) is 6.07 Å². The molecule has 0 aliphatic carbocycles. The second kappa shape index (κ2) is 10.2. The van der Waals surface area contributed by atoms with Gasteiger partial charge in [-0.15, -0.1) is 0 Å². The molecule has 1 aliphatic rings. The highest BCUT2D eigenvalue weighted by molar-refractivity contribution is 5.81. The van der Waals surface area contributed by atoms with Gasteiger partial charge in [0.05, 0.1) is 17.4 Å². The lowest BCUT2D eigenvalue weighted by molar-refractivity contribution is 0.112. The summed E-state index contributed by atoms with van der Waals surface area (Å²) in [6.45, 7) is 7.55. The van der Waals surface area contributed by atoms with E-state index in [2.05, 4.69) is 32.1 Å². The molecule has 4 heterocycles. The monoisotopic (exact) mass is 474 g/mol. The number of piperazine rings is 1. The van der Waals surface area contributed by atoms with Gasteiger partial charge in [-0.1, -0.05) is 12.1 Å². The van der Waals surface area contributed by atoms with Crippen LogP contribution >= 0.6 is 0 Å². The van der Waals surface area contributed by atoms with Crippen molar-refractivity contribution >= 4 is 5.52 Å². The van der Waals surface area contributed by atoms with E-state index >= 15 is 0 Å². The van der Waals surface area contributed by atoms with Crippen LogP contribution in [0.5, 0.6) is 0 Å². The second-order valence-corrected chi connectivity index (χ2v) is 9.19. The van der Waals surface area contributed by atoms with Crippen molar-refractivity contribution in [2.24, 2.45) is 0 Å². The van der Waals surface area contributed by atoms with Crippen LogP contribution in [0, 0.1) is 12.7 Å². The average molecular weight is 475 g/mol. The lowest BCUT2D eigenvalue weighted by Crippen LogP contribution is -2.46. The number of imidazole rings is 1. The molecule has 5 rings (SSSR count). The van der Waals surface area contributed by atoms with E-state index in [0.717, 1.165) is 60.6 Å². The zero-order valence-corrected chi connectivity index (χ0v) is 20.2. The summed E-state index contributed by atoms with van der Waals surface area (Å²) in [7, 11) is 2.15. The molecule has 1 saturated heterocycles. The summed E-state index contributed by atoms with van der Waals surface area (Å²) in [6, 6.07) is 12.9. The molecule has 0 saturated carbocycles. The molecule has 8 heteroatoms. The number of rotatable bonds is 7. The Bertz CT molecular complexity index is 1310. The first-order chi connectivity index (χ1) is 17.0. The van der Waals surface area contributed by atoms with Gasteiger partial charge in [0.25, 0.3) is 0 Å². The normalized spacial score (nSPS) is 16.1. The number of nitrogens with one attached hydrogen (secondary N) is 1.